The number of carbonyl (C=O) groups excluding carboxylic acids is 3. The van der Waals surface area contributed by atoms with Crippen LogP contribution in [0.1, 0.15) is 51.8 Å². The van der Waals surface area contributed by atoms with Gasteiger partial charge in [0.05, 0.1) is 11.4 Å². The van der Waals surface area contributed by atoms with E-state index >= 15 is 0 Å². The molecule has 8 heteroatoms. The minimum atomic E-state index is -0.905. The quantitative estimate of drug-likeness (QED) is 0.658. The van der Waals surface area contributed by atoms with E-state index in [1.807, 2.05) is 44.2 Å². The summed E-state index contributed by atoms with van der Waals surface area (Å²) in [6.07, 6.45) is -1.02. The number of amides is 3. The van der Waals surface area contributed by atoms with Gasteiger partial charge in [-0.25, -0.2) is 14.4 Å². The molecule has 2 aromatic rings. The fraction of sp³-hybridized carbons (Fsp3) is 0.400. The number of esters is 1. The Morgan fingerprint density at radius 3 is 2.24 bits per heavy atom. The number of rotatable bonds is 4. The van der Waals surface area contributed by atoms with Crippen LogP contribution in [-0.4, -0.2) is 29.7 Å². The molecule has 0 spiro atoms. The van der Waals surface area contributed by atoms with E-state index in [1.54, 1.807) is 39.0 Å². The second kappa shape index (κ2) is 9.52. The molecule has 1 aliphatic heterocycles. The highest BCUT2D eigenvalue weighted by molar-refractivity contribution is 6.00. The highest BCUT2D eigenvalue weighted by Crippen LogP contribution is 2.41. The number of urea groups is 1. The molecule has 2 aromatic carbocycles. The van der Waals surface area contributed by atoms with Crippen LogP contribution in [0.4, 0.5) is 21.0 Å². The van der Waals surface area contributed by atoms with Crippen LogP contribution in [0.15, 0.2) is 48.5 Å². The monoisotopic (exact) mass is 453 g/mol. The number of ether oxygens (including phenoxy) is 2. The van der Waals surface area contributed by atoms with E-state index < -0.39 is 35.8 Å². The predicted molar refractivity (Wildman–Crippen MR) is 125 cm³/mol. The first-order valence-corrected chi connectivity index (χ1v) is 10.9. The largest absolute Gasteiger partial charge is 0.456 e. The molecule has 176 valence electrons. The van der Waals surface area contributed by atoms with Crippen LogP contribution in [0.2, 0.25) is 0 Å². The Kier molecular flexibility index (Phi) is 6.95. The fourth-order valence-electron chi connectivity index (χ4n) is 3.79. The number of benzene rings is 2. The van der Waals surface area contributed by atoms with Crippen molar-refractivity contribution in [2.75, 3.05) is 4.90 Å². The minimum Gasteiger partial charge on any atom is -0.456 e. The Hall–Kier alpha value is -3.55. The highest BCUT2D eigenvalue weighted by Gasteiger charge is 2.34. The molecule has 2 atom stereocenters. The van der Waals surface area contributed by atoms with Gasteiger partial charge in [-0.2, -0.15) is 0 Å². The Morgan fingerprint density at radius 2 is 1.64 bits per heavy atom. The number of nitrogens with one attached hydrogen (secondary N) is 1. The number of nitrogens with zero attached hydrogens (tertiary/aromatic N) is 1. The first-order chi connectivity index (χ1) is 15.5. The molecule has 3 rings (SSSR count). The maximum atomic E-state index is 13.2. The van der Waals surface area contributed by atoms with E-state index in [1.165, 1.54) is 4.90 Å². The van der Waals surface area contributed by atoms with Crippen molar-refractivity contribution in [3.05, 3.63) is 59.7 Å². The molecule has 0 bridgehead atoms. The van der Waals surface area contributed by atoms with Gasteiger partial charge in [0.15, 0.2) is 0 Å². The van der Waals surface area contributed by atoms with Gasteiger partial charge in [-0.05, 0) is 44.4 Å². The summed E-state index contributed by atoms with van der Waals surface area (Å²) in [5, 5.41) is 2.63. The van der Waals surface area contributed by atoms with Crippen molar-refractivity contribution < 1.29 is 23.9 Å². The number of alkyl carbamates (subject to hydrolysis) is 1. The van der Waals surface area contributed by atoms with Crippen LogP contribution >= 0.6 is 0 Å². The molecular formula is C25H31N3O5. The topological polar surface area (TPSA) is 111 Å². The highest BCUT2D eigenvalue weighted by atomic mass is 16.6. The van der Waals surface area contributed by atoms with Crippen molar-refractivity contribution in [1.82, 2.24) is 5.32 Å². The molecule has 0 aromatic heterocycles. The van der Waals surface area contributed by atoms with Gasteiger partial charge >= 0.3 is 18.1 Å². The van der Waals surface area contributed by atoms with Gasteiger partial charge in [0, 0.05) is 12.0 Å². The number of fused-ring (bicyclic) bond motifs is 2. The number of anilines is 2. The van der Waals surface area contributed by atoms with Crippen LogP contribution in [0.5, 0.6) is 0 Å². The molecule has 1 heterocycles. The fourth-order valence-corrected chi connectivity index (χ4v) is 3.79. The van der Waals surface area contributed by atoms with Crippen molar-refractivity contribution in [3.63, 3.8) is 0 Å². The number of para-hydroxylation sites is 2. The maximum Gasteiger partial charge on any atom is 0.408 e. The van der Waals surface area contributed by atoms with E-state index in [0.29, 0.717) is 23.4 Å². The van der Waals surface area contributed by atoms with Gasteiger partial charge in [0.1, 0.15) is 17.7 Å². The number of hydrogen-bond donors (Lipinski definition) is 2. The molecule has 1 unspecified atom stereocenters. The average molecular weight is 454 g/mol. The maximum absolute atomic E-state index is 13.2. The number of nitrogens with two attached hydrogens (primary N) is 1. The zero-order chi connectivity index (χ0) is 24.3. The van der Waals surface area contributed by atoms with Crippen molar-refractivity contribution in [3.8, 4) is 0 Å². The molecule has 0 fully saturated rings. The summed E-state index contributed by atoms with van der Waals surface area (Å²) in [5.41, 5.74) is 7.68. The van der Waals surface area contributed by atoms with Crippen LogP contribution in [0, 0.1) is 5.92 Å². The summed E-state index contributed by atoms with van der Waals surface area (Å²) in [6.45, 7) is 8.88. The molecule has 0 saturated carbocycles. The molecule has 3 N–H and O–H groups in total. The summed E-state index contributed by atoms with van der Waals surface area (Å²) in [4.78, 5) is 39.3. The summed E-state index contributed by atoms with van der Waals surface area (Å²) < 4.78 is 11.3. The average Bonchev–Trinajstić information content (AvgIpc) is 2.85. The smallest absolute Gasteiger partial charge is 0.408 e. The van der Waals surface area contributed by atoms with E-state index in [0.717, 1.165) is 5.56 Å². The van der Waals surface area contributed by atoms with Gasteiger partial charge in [0.25, 0.3) is 0 Å². The number of carbonyl (C=O) groups is 3. The number of hydrogen-bond acceptors (Lipinski definition) is 5. The summed E-state index contributed by atoms with van der Waals surface area (Å²) >= 11 is 0. The molecule has 33 heavy (non-hydrogen) atoms. The van der Waals surface area contributed by atoms with E-state index in [2.05, 4.69) is 5.32 Å². The van der Waals surface area contributed by atoms with Crippen molar-refractivity contribution in [1.29, 1.82) is 0 Å². The second-order valence-electron chi connectivity index (χ2n) is 9.36. The first-order valence-electron chi connectivity index (χ1n) is 10.9. The van der Waals surface area contributed by atoms with E-state index in [-0.39, 0.29) is 5.92 Å². The second-order valence-corrected chi connectivity index (χ2v) is 9.36. The third-order valence-electron chi connectivity index (χ3n) is 5.23. The molecule has 8 nitrogen and oxygen atoms in total. The van der Waals surface area contributed by atoms with Gasteiger partial charge in [-0.1, -0.05) is 50.2 Å². The lowest BCUT2D eigenvalue weighted by atomic mass is 10.0. The molecule has 0 radical (unpaired) electrons. The first kappa shape index (κ1) is 24.1. The van der Waals surface area contributed by atoms with E-state index in [9.17, 15) is 14.4 Å². The zero-order valence-corrected chi connectivity index (χ0v) is 19.6. The van der Waals surface area contributed by atoms with Crippen LogP contribution in [0.25, 0.3) is 0 Å². The minimum absolute atomic E-state index is 0.236. The van der Waals surface area contributed by atoms with Crippen molar-refractivity contribution >= 4 is 29.5 Å². The molecular weight excluding hydrogens is 422 g/mol. The van der Waals surface area contributed by atoms with Gasteiger partial charge < -0.3 is 20.5 Å². The van der Waals surface area contributed by atoms with Gasteiger partial charge in [0.2, 0.25) is 0 Å². The van der Waals surface area contributed by atoms with Gasteiger partial charge in [-0.3, -0.25) is 4.90 Å². The SMILES string of the molecule is CC(C)[C@H](NC(=O)OC(C)(C)C)C(=O)OC1Cc2ccccc2N(C(N)=O)c2ccccc21. The Balaban J connectivity index is 1.93. The summed E-state index contributed by atoms with van der Waals surface area (Å²) in [6, 6.07) is 13.0. The molecule has 0 aliphatic carbocycles. The Morgan fingerprint density at radius 1 is 1.03 bits per heavy atom. The predicted octanol–water partition coefficient (Wildman–Crippen LogP) is 4.59. The standard InChI is InChI=1S/C25H31N3O5/c1-15(2)21(27-24(31)33-25(3,4)5)22(29)32-20-14-16-10-6-8-12-18(16)28(23(26)30)19-13-9-7-11-17(19)20/h6-13,15,20-21H,14H2,1-5H3,(H2,26,30)(H,27,31)/t20?,21-/m0/s1. The third kappa shape index (κ3) is 5.63. The van der Waals surface area contributed by atoms with Crippen LogP contribution in [0.3, 0.4) is 0 Å². The summed E-state index contributed by atoms with van der Waals surface area (Å²) in [5.74, 6) is -0.818. The summed E-state index contributed by atoms with van der Waals surface area (Å²) in [7, 11) is 0. The lowest BCUT2D eigenvalue weighted by Gasteiger charge is -2.27. The van der Waals surface area contributed by atoms with Crippen LogP contribution in [-0.2, 0) is 20.7 Å². The molecule has 1 aliphatic rings. The normalized spacial score (nSPS) is 16.2. The van der Waals surface area contributed by atoms with Gasteiger partial charge in [-0.15, -0.1) is 0 Å². The third-order valence-corrected chi connectivity index (χ3v) is 5.23. The molecule has 0 saturated heterocycles. The zero-order valence-electron chi connectivity index (χ0n) is 19.6. The Labute approximate surface area is 194 Å². The van der Waals surface area contributed by atoms with Crippen molar-refractivity contribution in [2.45, 2.75) is 58.8 Å². The lowest BCUT2D eigenvalue weighted by molar-refractivity contribution is -0.153. The molecule has 3 amide bonds. The number of primary amides is 1. The van der Waals surface area contributed by atoms with Crippen molar-refractivity contribution in [2.24, 2.45) is 11.7 Å². The lowest BCUT2D eigenvalue weighted by Crippen LogP contribution is -2.47. The Bertz CT molecular complexity index is 1040. The van der Waals surface area contributed by atoms with E-state index in [4.69, 9.17) is 15.2 Å². The van der Waals surface area contributed by atoms with Crippen LogP contribution < -0.4 is 16.0 Å².